The molecule has 1 rings (SSSR count). The Morgan fingerprint density at radius 3 is 2.80 bits per heavy atom. The van der Waals surface area contributed by atoms with Gasteiger partial charge in [0.1, 0.15) is 5.76 Å². The maximum absolute atomic E-state index is 5.25. The predicted octanol–water partition coefficient (Wildman–Crippen LogP) is 1.81. The van der Waals surface area contributed by atoms with Crippen molar-refractivity contribution in [1.82, 2.24) is 10.5 Å². The Morgan fingerprint density at radius 2 is 2.20 bits per heavy atom. The molecule has 0 bridgehead atoms. The van der Waals surface area contributed by atoms with Crippen LogP contribution < -0.4 is 5.32 Å². The molecule has 1 aromatic heterocycles. The molecule has 0 unspecified atom stereocenters. The smallest absolute Gasteiger partial charge is 0.138 e. The molecular formula is C11H20N2O2. The van der Waals surface area contributed by atoms with Crippen LogP contribution in [0.25, 0.3) is 0 Å². The predicted molar refractivity (Wildman–Crippen MR) is 58.8 cm³/mol. The molecule has 4 heteroatoms. The number of rotatable bonds is 7. The Morgan fingerprint density at radius 1 is 1.40 bits per heavy atom. The number of aromatic nitrogens is 1. The molecule has 0 radical (unpaired) electrons. The summed E-state index contributed by atoms with van der Waals surface area (Å²) in [7, 11) is 0. The van der Waals surface area contributed by atoms with E-state index in [0.29, 0.717) is 0 Å². The summed E-state index contributed by atoms with van der Waals surface area (Å²) in [5, 5.41) is 7.25. The first-order valence-electron chi connectivity index (χ1n) is 5.46. The van der Waals surface area contributed by atoms with Crippen molar-refractivity contribution in [3.05, 3.63) is 17.0 Å². The number of nitrogens with one attached hydrogen (secondary N) is 1. The minimum Gasteiger partial charge on any atom is -0.382 e. The summed E-state index contributed by atoms with van der Waals surface area (Å²) in [6, 6.07) is 0. The highest BCUT2D eigenvalue weighted by Crippen LogP contribution is 2.11. The molecular weight excluding hydrogens is 192 g/mol. The molecule has 0 atom stereocenters. The lowest BCUT2D eigenvalue weighted by atomic mass is 10.2. The average molecular weight is 212 g/mol. The topological polar surface area (TPSA) is 47.3 Å². The van der Waals surface area contributed by atoms with E-state index in [9.17, 15) is 0 Å². The van der Waals surface area contributed by atoms with Crippen molar-refractivity contribution in [2.75, 3.05) is 19.8 Å². The maximum Gasteiger partial charge on any atom is 0.138 e. The Bertz CT molecular complexity index is 265. The Labute approximate surface area is 91.0 Å². The summed E-state index contributed by atoms with van der Waals surface area (Å²) in [5.41, 5.74) is 2.15. The standard InChI is InChI=1S/C11H20N2O2/c1-4-14-7-5-6-12-8-11-9(2)13-15-10(11)3/h12H,4-8H2,1-3H3. The molecule has 1 heterocycles. The van der Waals surface area contributed by atoms with E-state index in [4.69, 9.17) is 9.26 Å². The summed E-state index contributed by atoms with van der Waals surface area (Å²) in [6.07, 6.45) is 1.04. The van der Waals surface area contributed by atoms with Crippen LogP contribution in [0, 0.1) is 13.8 Å². The van der Waals surface area contributed by atoms with E-state index in [1.165, 1.54) is 5.56 Å². The quantitative estimate of drug-likeness (QED) is 0.700. The zero-order chi connectivity index (χ0) is 11.1. The number of aryl methyl sites for hydroxylation is 2. The maximum atomic E-state index is 5.25. The molecule has 0 saturated carbocycles. The van der Waals surface area contributed by atoms with E-state index in [0.717, 1.165) is 44.2 Å². The molecule has 1 N–H and O–H groups in total. The van der Waals surface area contributed by atoms with E-state index in [1.54, 1.807) is 0 Å². The monoisotopic (exact) mass is 212 g/mol. The summed E-state index contributed by atoms with van der Waals surface area (Å²) >= 11 is 0. The van der Waals surface area contributed by atoms with Gasteiger partial charge >= 0.3 is 0 Å². The Kier molecular flexibility index (Phi) is 5.36. The molecule has 0 amide bonds. The lowest BCUT2D eigenvalue weighted by Gasteiger charge is -2.04. The molecule has 4 nitrogen and oxygen atoms in total. The van der Waals surface area contributed by atoms with Gasteiger partial charge in [-0.25, -0.2) is 0 Å². The van der Waals surface area contributed by atoms with Crippen molar-refractivity contribution in [1.29, 1.82) is 0 Å². The zero-order valence-corrected chi connectivity index (χ0v) is 9.80. The molecule has 0 aliphatic carbocycles. The van der Waals surface area contributed by atoms with Crippen LogP contribution >= 0.6 is 0 Å². The third-order valence-corrected chi connectivity index (χ3v) is 2.33. The first-order valence-corrected chi connectivity index (χ1v) is 5.46. The molecule has 0 aromatic carbocycles. The van der Waals surface area contributed by atoms with Crippen molar-refractivity contribution >= 4 is 0 Å². The minimum atomic E-state index is 0.796. The summed E-state index contributed by atoms with van der Waals surface area (Å²) in [4.78, 5) is 0. The van der Waals surface area contributed by atoms with Crippen molar-refractivity contribution in [2.45, 2.75) is 33.7 Å². The van der Waals surface area contributed by atoms with Crippen LogP contribution in [0.15, 0.2) is 4.52 Å². The third kappa shape index (κ3) is 4.01. The van der Waals surface area contributed by atoms with Gasteiger partial charge in [-0.1, -0.05) is 5.16 Å². The largest absolute Gasteiger partial charge is 0.382 e. The molecule has 0 aliphatic rings. The Balaban J connectivity index is 2.15. The SMILES string of the molecule is CCOCCCNCc1c(C)noc1C. The van der Waals surface area contributed by atoms with E-state index >= 15 is 0 Å². The summed E-state index contributed by atoms with van der Waals surface area (Å²) < 4.78 is 10.3. The van der Waals surface area contributed by atoms with Gasteiger partial charge in [0.25, 0.3) is 0 Å². The van der Waals surface area contributed by atoms with Crippen molar-refractivity contribution in [3.63, 3.8) is 0 Å². The van der Waals surface area contributed by atoms with Crippen LogP contribution in [0.5, 0.6) is 0 Å². The fraction of sp³-hybridized carbons (Fsp3) is 0.727. The normalized spacial score (nSPS) is 10.9. The first-order chi connectivity index (χ1) is 7.25. The molecule has 0 spiro atoms. The van der Waals surface area contributed by atoms with Gasteiger partial charge in [0, 0.05) is 25.3 Å². The molecule has 0 saturated heterocycles. The van der Waals surface area contributed by atoms with Gasteiger partial charge in [-0.05, 0) is 33.7 Å². The Hall–Kier alpha value is -0.870. The number of hydrogen-bond donors (Lipinski definition) is 1. The van der Waals surface area contributed by atoms with E-state index in [-0.39, 0.29) is 0 Å². The number of nitrogens with zero attached hydrogens (tertiary/aromatic N) is 1. The number of ether oxygens (including phenoxy) is 1. The second kappa shape index (κ2) is 6.58. The first kappa shape index (κ1) is 12.2. The van der Waals surface area contributed by atoms with Crippen LogP contribution in [0.1, 0.15) is 30.4 Å². The summed E-state index contributed by atoms with van der Waals surface area (Å²) in [6.45, 7) is 9.33. The lowest BCUT2D eigenvalue weighted by molar-refractivity contribution is 0.144. The van der Waals surface area contributed by atoms with Crippen LogP contribution in [-0.4, -0.2) is 24.9 Å². The molecule has 0 fully saturated rings. The lowest BCUT2D eigenvalue weighted by Crippen LogP contribution is -2.17. The van der Waals surface area contributed by atoms with Gasteiger partial charge in [0.05, 0.1) is 5.69 Å². The molecule has 0 aliphatic heterocycles. The highest BCUT2D eigenvalue weighted by atomic mass is 16.5. The fourth-order valence-corrected chi connectivity index (χ4v) is 1.41. The van der Waals surface area contributed by atoms with Crippen molar-refractivity contribution in [3.8, 4) is 0 Å². The highest BCUT2D eigenvalue weighted by Gasteiger charge is 2.07. The second-order valence-corrected chi connectivity index (χ2v) is 3.53. The van der Waals surface area contributed by atoms with Crippen LogP contribution in [0.2, 0.25) is 0 Å². The molecule has 1 aromatic rings. The highest BCUT2D eigenvalue weighted by molar-refractivity contribution is 5.20. The van der Waals surface area contributed by atoms with Gasteiger partial charge in [0.2, 0.25) is 0 Å². The third-order valence-electron chi connectivity index (χ3n) is 2.33. The van der Waals surface area contributed by atoms with Gasteiger partial charge in [-0.2, -0.15) is 0 Å². The second-order valence-electron chi connectivity index (χ2n) is 3.53. The van der Waals surface area contributed by atoms with Crippen molar-refractivity contribution in [2.24, 2.45) is 0 Å². The summed E-state index contributed by atoms with van der Waals surface area (Å²) in [5.74, 6) is 0.907. The van der Waals surface area contributed by atoms with Gasteiger partial charge in [-0.3, -0.25) is 0 Å². The van der Waals surface area contributed by atoms with E-state index in [1.807, 2.05) is 20.8 Å². The van der Waals surface area contributed by atoms with Crippen LogP contribution in [0.4, 0.5) is 0 Å². The van der Waals surface area contributed by atoms with E-state index in [2.05, 4.69) is 10.5 Å². The van der Waals surface area contributed by atoms with Gasteiger partial charge < -0.3 is 14.6 Å². The average Bonchev–Trinajstić information content (AvgIpc) is 2.54. The van der Waals surface area contributed by atoms with E-state index < -0.39 is 0 Å². The van der Waals surface area contributed by atoms with Crippen LogP contribution in [-0.2, 0) is 11.3 Å². The molecule has 15 heavy (non-hydrogen) atoms. The fourth-order valence-electron chi connectivity index (χ4n) is 1.41. The number of hydrogen-bond acceptors (Lipinski definition) is 4. The van der Waals surface area contributed by atoms with Gasteiger partial charge in [-0.15, -0.1) is 0 Å². The zero-order valence-electron chi connectivity index (χ0n) is 9.80. The van der Waals surface area contributed by atoms with Gasteiger partial charge in [0.15, 0.2) is 0 Å². The van der Waals surface area contributed by atoms with Crippen molar-refractivity contribution < 1.29 is 9.26 Å². The molecule has 86 valence electrons. The minimum absolute atomic E-state index is 0.796. The van der Waals surface area contributed by atoms with Crippen LogP contribution in [0.3, 0.4) is 0 Å².